The summed E-state index contributed by atoms with van der Waals surface area (Å²) in [5, 5.41) is 4.72. The van der Waals surface area contributed by atoms with Crippen LogP contribution in [-0.4, -0.2) is 17.4 Å². The Morgan fingerprint density at radius 3 is 2.48 bits per heavy atom. The average molecular weight is 351 g/mol. The first kappa shape index (κ1) is 17.5. The lowest BCUT2D eigenvalue weighted by Gasteiger charge is -2.04. The van der Waals surface area contributed by atoms with Gasteiger partial charge >= 0.3 is 0 Å². The largest absolute Gasteiger partial charge is 0.272 e. The SMILES string of the molecule is C/C(=N/NC(=O)CSCc1ccc(Cl)cc1)c1ccc(F)cc1. The van der Waals surface area contributed by atoms with Crippen molar-refractivity contribution in [3.63, 3.8) is 0 Å². The maximum Gasteiger partial charge on any atom is 0.250 e. The van der Waals surface area contributed by atoms with Crippen LogP contribution in [0.25, 0.3) is 0 Å². The Hall–Kier alpha value is -1.85. The van der Waals surface area contributed by atoms with Crippen molar-refractivity contribution in [2.24, 2.45) is 5.10 Å². The highest BCUT2D eigenvalue weighted by Crippen LogP contribution is 2.15. The zero-order valence-electron chi connectivity index (χ0n) is 12.6. The average Bonchev–Trinajstić information content (AvgIpc) is 2.55. The van der Waals surface area contributed by atoms with Crippen molar-refractivity contribution in [2.45, 2.75) is 12.7 Å². The Bertz CT molecular complexity index is 687. The third-order valence-corrected chi connectivity index (χ3v) is 4.28. The highest BCUT2D eigenvalue weighted by atomic mass is 35.5. The summed E-state index contributed by atoms with van der Waals surface area (Å²) in [5.74, 6) is 0.559. The molecular formula is C17H16ClFN2OS. The third kappa shape index (κ3) is 6.04. The maximum absolute atomic E-state index is 12.8. The van der Waals surface area contributed by atoms with Gasteiger partial charge in [0.2, 0.25) is 5.91 Å². The molecule has 0 atom stereocenters. The molecule has 6 heteroatoms. The Balaban J connectivity index is 1.77. The zero-order valence-corrected chi connectivity index (χ0v) is 14.1. The minimum atomic E-state index is -0.302. The number of rotatable bonds is 6. The van der Waals surface area contributed by atoms with Crippen molar-refractivity contribution in [1.82, 2.24) is 5.43 Å². The van der Waals surface area contributed by atoms with E-state index in [2.05, 4.69) is 10.5 Å². The molecule has 0 unspecified atom stereocenters. The highest BCUT2D eigenvalue weighted by Gasteiger charge is 2.03. The number of hydrazone groups is 1. The fourth-order valence-corrected chi connectivity index (χ4v) is 2.68. The quantitative estimate of drug-likeness (QED) is 0.625. The van der Waals surface area contributed by atoms with Crippen LogP contribution in [0.1, 0.15) is 18.1 Å². The molecule has 0 aliphatic carbocycles. The number of hydrogen-bond acceptors (Lipinski definition) is 3. The van der Waals surface area contributed by atoms with E-state index in [4.69, 9.17) is 11.6 Å². The number of nitrogens with zero attached hydrogens (tertiary/aromatic N) is 1. The molecule has 0 saturated carbocycles. The van der Waals surface area contributed by atoms with E-state index >= 15 is 0 Å². The summed E-state index contributed by atoms with van der Waals surface area (Å²) in [4.78, 5) is 11.8. The first-order valence-electron chi connectivity index (χ1n) is 6.96. The van der Waals surface area contributed by atoms with E-state index in [0.717, 1.165) is 16.9 Å². The summed E-state index contributed by atoms with van der Waals surface area (Å²) in [6.45, 7) is 1.76. The number of amides is 1. The van der Waals surface area contributed by atoms with Gasteiger partial charge in [0.1, 0.15) is 5.82 Å². The molecular weight excluding hydrogens is 335 g/mol. The topological polar surface area (TPSA) is 41.5 Å². The zero-order chi connectivity index (χ0) is 16.7. The van der Waals surface area contributed by atoms with E-state index in [1.165, 1.54) is 23.9 Å². The minimum Gasteiger partial charge on any atom is -0.272 e. The van der Waals surface area contributed by atoms with Crippen molar-refractivity contribution in [2.75, 3.05) is 5.75 Å². The molecule has 0 heterocycles. The van der Waals surface area contributed by atoms with E-state index in [1.807, 2.05) is 24.3 Å². The molecule has 1 amide bonds. The van der Waals surface area contributed by atoms with Crippen LogP contribution in [0.2, 0.25) is 5.02 Å². The van der Waals surface area contributed by atoms with E-state index in [0.29, 0.717) is 16.5 Å². The summed E-state index contributed by atoms with van der Waals surface area (Å²) in [6, 6.07) is 13.5. The molecule has 23 heavy (non-hydrogen) atoms. The molecule has 0 aliphatic rings. The van der Waals surface area contributed by atoms with Gasteiger partial charge in [0.25, 0.3) is 0 Å². The molecule has 0 aliphatic heterocycles. The van der Waals surface area contributed by atoms with Gasteiger partial charge in [-0.15, -0.1) is 11.8 Å². The molecule has 2 aromatic rings. The van der Waals surface area contributed by atoms with Crippen LogP contribution in [0.4, 0.5) is 4.39 Å². The first-order chi connectivity index (χ1) is 11.0. The van der Waals surface area contributed by atoms with Gasteiger partial charge in [-0.3, -0.25) is 4.79 Å². The molecule has 0 bridgehead atoms. The third-order valence-electron chi connectivity index (χ3n) is 3.03. The van der Waals surface area contributed by atoms with Crippen molar-refractivity contribution in [3.8, 4) is 0 Å². The molecule has 3 nitrogen and oxygen atoms in total. The van der Waals surface area contributed by atoms with Gasteiger partial charge in [0.05, 0.1) is 11.5 Å². The monoisotopic (exact) mass is 350 g/mol. The van der Waals surface area contributed by atoms with Crippen LogP contribution >= 0.6 is 23.4 Å². The summed E-state index contributed by atoms with van der Waals surface area (Å²) >= 11 is 7.32. The molecule has 0 radical (unpaired) electrons. The van der Waals surface area contributed by atoms with Crippen molar-refractivity contribution in [1.29, 1.82) is 0 Å². The Morgan fingerprint density at radius 1 is 1.17 bits per heavy atom. The lowest BCUT2D eigenvalue weighted by atomic mass is 10.1. The maximum atomic E-state index is 12.8. The number of nitrogens with one attached hydrogen (secondary N) is 1. The second kappa shape index (κ2) is 8.70. The van der Waals surface area contributed by atoms with Gasteiger partial charge in [-0.1, -0.05) is 35.9 Å². The van der Waals surface area contributed by atoms with Crippen LogP contribution in [0, 0.1) is 5.82 Å². The predicted octanol–water partition coefficient (Wildman–Crippen LogP) is 4.25. The number of carbonyl (C=O) groups excluding carboxylic acids is 1. The van der Waals surface area contributed by atoms with E-state index in [9.17, 15) is 9.18 Å². The normalized spacial score (nSPS) is 11.3. The number of halogens is 2. The standard InChI is InChI=1S/C17H16ClFN2OS/c1-12(14-4-8-16(19)9-5-14)20-21-17(22)11-23-10-13-2-6-15(18)7-3-13/h2-9H,10-11H2,1H3,(H,21,22)/b20-12-. The Kier molecular flexibility index (Phi) is 6.62. The first-order valence-corrected chi connectivity index (χ1v) is 8.49. The Morgan fingerprint density at radius 2 is 1.83 bits per heavy atom. The van der Waals surface area contributed by atoms with Gasteiger partial charge in [-0.25, -0.2) is 9.82 Å². The van der Waals surface area contributed by atoms with Crippen molar-refractivity contribution in [3.05, 3.63) is 70.5 Å². The van der Waals surface area contributed by atoms with Crippen molar-refractivity contribution >= 4 is 35.0 Å². The lowest BCUT2D eigenvalue weighted by molar-refractivity contribution is -0.118. The van der Waals surface area contributed by atoms with Crippen LogP contribution in [0.15, 0.2) is 53.6 Å². The van der Waals surface area contributed by atoms with Crippen molar-refractivity contribution < 1.29 is 9.18 Å². The van der Waals surface area contributed by atoms with Gasteiger partial charge in [0, 0.05) is 10.8 Å². The summed E-state index contributed by atoms with van der Waals surface area (Å²) in [7, 11) is 0. The molecule has 120 valence electrons. The second-order valence-electron chi connectivity index (χ2n) is 4.86. The van der Waals surface area contributed by atoms with E-state index in [1.54, 1.807) is 19.1 Å². The minimum absolute atomic E-state index is 0.176. The molecule has 0 fully saturated rings. The highest BCUT2D eigenvalue weighted by molar-refractivity contribution is 7.99. The second-order valence-corrected chi connectivity index (χ2v) is 6.28. The van der Waals surface area contributed by atoms with Crippen LogP contribution in [0.5, 0.6) is 0 Å². The number of carbonyl (C=O) groups is 1. The summed E-state index contributed by atoms with van der Waals surface area (Å²) in [6.07, 6.45) is 0. The molecule has 0 aromatic heterocycles. The van der Waals surface area contributed by atoms with Gasteiger partial charge < -0.3 is 0 Å². The van der Waals surface area contributed by atoms with Crippen LogP contribution in [0.3, 0.4) is 0 Å². The van der Waals surface area contributed by atoms with Crippen LogP contribution in [-0.2, 0) is 10.5 Å². The fraction of sp³-hybridized carbons (Fsp3) is 0.176. The number of benzene rings is 2. The molecule has 0 spiro atoms. The molecule has 2 aromatic carbocycles. The van der Waals surface area contributed by atoms with E-state index < -0.39 is 0 Å². The van der Waals surface area contributed by atoms with Gasteiger partial charge in [-0.2, -0.15) is 5.10 Å². The number of hydrogen-bond donors (Lipinski definition) is 1. The fourth-order valence-electron chi connectivity index (χ4n) is 1.78. The number of thioether (sulfide) groups is 1. The predicted molar refractivity (Wildman–Crippen MR) is 94.4 cm³/mol. The Labute approximate surface area is 143 Å². The summed E-state index contributed by atoms with van der Waals surface area (Å²) < 4.78 is 12.8. The molecule has 0 saturated heterocycles. The molecule has 1 N–H and O–H groups in total. The van der Waals surface area contributed by atoms with E-state index in [-0.39, 0.29) is 11.7 Å². The van der Waals surface area contributed by atoms with Crippen LogP contribution < -0.4 is 5.43 Å². The van der Waals surface area contributed by atoms with Gasteiger partial charge in [0.15, 0.2) is 0 Å². The lowest BCUT2D eigenvalue weighted by Crippen LogP contribution is -2.21. The van der Waals surface area contributed by atoms with Gasteiger partial charge in [-0.05, 0) is 42.3 Å². The summed E-state index contributed by atoms with van der Waals surface area (Å²) in [5.41, 5.74) is 5.00. The smallest absolute Gasteiger partial charge is 0.250 e. The molecule has 2 rings (SSSR count).